The van der Waals surface area contributed by atoms with E-state index in [-0.39, 0.29) is 0 Å². The van der Waals surface area contributed by atoms with Crippen molar-refractivity contribution in [1.29, 1.82) is 0 Å². The van der Waals surface area contributed by atoms with E-state index in [0.717, 1.165) is 22.6 Å². The number of benzene rings is 9. The van der Waals surface area contributed by atoms with E-state index in [0.29, 0.717) is 0 Å². The molecular weight excluding hydrogens is 749 g/mol. The summed E-state index contributed by atoms with van der Waals surface area (Å²) in [4.78, 5) is 9.37. The Kier molecular flexibility index (Phi) is 8.53. The van der Waals surface area contributed by atoms with Crippen LogP contribution in [0.25, 0.3) is 122 Å². The second-order valence-corrected chi connectivity index (χ2v) is 16.0. The smallest absolute Gasteiger partial charge is 0.0893 e. The highest BCUT2D eigenvalue weighted by Gasteiger charge is 2.31. The van der Waals surface area contributed by atoms with Crippen molar-refractivity contribution < 1.29 is 0 Å². The van der Waals surface area contributed by atoms with Gasteiger partial charge in [0.15, 0.2) is 0 Å². The zero-order valence-corrected chi connectivity index (χ0v) is 33.8. The molecule has 12 rings (SSSR count). The minimum atomic E-state index is 0.871. The SMILES string of the molecule is c1ccc(-c2c3c(c(-c4ccccc4)c4ccccc24)-c2ccc(-c4ccc(-c5ccc(-c6ccc(-c7cccc(-c8ccccn8)n7)cc6)cc5)cc4)c4cccc-3c24)cc1. The summed E-state index contributed by atoms with van der Waals surface area (Å²) >= 11 is 0. The Bertz CT molecular complexity index is 3360. The van der Waals surface area contributed by atoms with Gasteiger partial charge in [0.05, 0.1) is 17.1 Å². The molecule has 2 heteroatoms. The van der Waals surface area contributed by atoms with Crippen LogP contribution in [-0.4, -0.2) is 9.97 Å². The van der Waals surface area contributed by atoms with Gasteiger partial charge in [-0.2, -0.15) is 0 Å². The van der Waals surface area contributed by atoms with Gasteiger partial charge in [-0.15, -0.1) is 0 Å². The quantitative estimate of drug-likeness (QED) is 0.161. The monoisotopic (exact) mass is 786 g/mol. The molecule has 0 aliphatic heterocycles. The summed E-state index contributed by atoms with van der Waals surface area (Å²) < 4.78 is 0. The predicted octanol–water partition coefficient (Wildman–Crippen LogP) is 16.1. The van der Waals surface area contributed by atoms with Crippen molar-refractivity contribution >= 4 is 21.5 Å². The molecular formula is C60H38N2. The maximum Gasteiger partial charge on any atom is 0.0893 e. The van der Waals surface area contributed by atoms with E-state index in [1.54, 1.807) is 6.20 Å². The van der Waals surface area contributed by atoms with Crippen molar-refractivity contribution in [2.75, 3.05) is 0 Å². The molecule has 0 amide bonds. The molecule has 9 aromatic carbocycles. The van der Waals surface area contributed by atoms with Crippen LogP contribution in [0.15, 0.2) is 231 Å². The largest absolute Gasteiger partial charge is 0.255 e. The van der Waals surface area contributed by atoms with Gasteiger partial charge in [0.25, 0.3) is 0 Å². The van der Waals surface area contributed by atoms with Crippen LogP contribution >= 0.6 is 0 Å². The standard InChI is InChI=1S/C60H38N2/c1-3-13-45(14-4-1)56-49-17-7-8-18-50(49)57(46-15-5-2-6-16-46)60-52-37-36-47(48-19-11-20-51(58(48)52)59(56)60)43-32-28-41(29-33-43)39-24-26-40(27-25-39)42-30-34-44(35-31-42)53-22-12-23-55(62-53)54-21-9-10-38-61-54/h1-38H. The fourth-order valence-electron chi connectivity index (χ4n) is 9.64. The number of hydrogen-bond acceptors (Lipinski definition) is 2. The molecule has 62 heavy (non-hydrogen) atoms. The van der Waals surface area contributed by atoms with Gasteiger partial charge in [-0.25, -0.2) is 4.98 Å². The average molecular weight is 787 g/mol. The molecule has 2 aromatic heterocycles. The minimum Gasteiger partial charge on any atom is -0.255 e. The molecule has 0 bridgehead atoms. The first-order chi connectivity index (χ1) is 30.8. The fraction of sp³-hybridized carbons (Fsp3) is 0. The molecule has 11 aromatic rings. The van der Waals surface area contributed by atoms with E-state index >= 15 is 0 Å². The molecule has 1 aliphatic carbocycles. The highest BCUT2D eigenvalue weighted by atomic mass is 14.8. The first kappa shape index (κ1) is 35.7. The van der Waals surface area contributed by atoms with Gasteiger partial charge in [0.2, 0.25) is 0 Å². The van der Waals surface area contributed by atoms with Gasteiger partial charge in [0.1, 0.15) is 0 Å². The van der Waals surface area contributed by atoms with Crippen LogP contribution in [0.3, 0.4) is 0 Å². The van der Waals surface area contributed by atoms with Crippen LogP contribution < -0.4 is 0 Å². The van der Waals surface area contributed by atoms with Gasteiger partial charge >= 0.3 is 0 Å². The summed E-state index contributed by atoms with van der Waals surface area (Å²) in [6, 6.07) is 81.1. The zero-order valence-electron chi connectivity index (χ0n) is 33.8. The Balaban J connectivity index is 0.883. The molecule has 0 saturated carbocycles. The number of pyridine rings is 2. The summed E-state index contributed by atoms with van der Waals surface area (Å²) in [5, 5.41) is 5.16. The molecule has 0 fully saturated rings. The van der Waals surface area contributed by atoms with Gasteiger partial charge in [0, 0.05) is 11.8 Å². The van der Waals surface area contributed by atoms with E-state index in [2.05, 4.69) is 199 Å². The average Bonchev–Trinajstić information content (AvgIpc) is 3.69. The second-order valence-electron chi connectivity index (χ2n) is 16.0. The molecule has 0 unspecified atom stereocenters. The summed E-state index contributed by atoms with van der Waals surface area (Å²) in [6.07, 6.45) is 1.80. The van der Waals surface area contributed by atoms with E-state index in [1.807, 2.05) is 30.3 Å². The number of fused-ring (bicyclic) bond motifs is 4. The van der Waals surface area contributed by atoms with E-state index in [4.69, 9.17) is 4.98 Å². The molecule has 1 aliphatic rings. The summed E-state index contributed by atoms with van der Waals surface area (Å²) in [7, 11) is 0. The molecule has 0 atom stereocenters. The molecule has 0 N–H and O–H groups in total. The lowest BCUT2D eigenvalue weighted by molar-refractivity contribution is 1.25. The maximum absolute atomic E-state index is 4.89. The van der Waals surface area contributed by atoms with Crippen LogP contribution in [0.2, 0.25) is 0 Å². The van der Waals surface area contributed by atoms with Crippen molar-refractivity contribution in [1.82, 2.24) is 9.97 Å². The van der Waals surface area contributed by atoms with Crippen LogP contribution in [0, 0.1) is 0 Å². The van der Waals surface area contributed by atoms with Crippen LogP contribution in [0.5, 0.6) is 0 Å². The van der Waals surface area contributed by atoms with Crippen LogP contribution in [0.1, 0.15) is 0 Å². The van der Waals surface area contributed by atoms with Crippen LogP contribution in [-0.2, 0) is 0 Å². The van der Waals surface area contributed by atoms with Gasteiger partial charge in [-0.1, -0.05) is 200 Å². The molecule has 0 saturated heterocycles. The number of aromatic nitrogens is 2. The molecule has 0 radical (unpaired) electrons. The van der Waals surface area contributed by atoms with E-state index < -0.39 is 0 Å². The zero-order chi connectivity index (χ0) is 41.0. The second kappa shape index (κ2) is 14.8. The third-order valence-electron chi connectivity index (χ3n) is 12.5. The third kappa shape index (κ3) is 5.96. The molecule has 0 spiro atoms. The van der Waals surface area contributed by atoms with Crippen molar-refractivity contribution in [3.05, 3.63) is 231 Å². The van der Waals surface area contributed by atoms with Gasteiger partial charge in [-0.3, -0.25) is 4.98 Å². The van der Waals surface area contributed by atoms with Crippen molar-refractivity contribution in [3.8, 4) is 101 Å². The summed E-state index contributed by atoms with van der Waals surface area (Å²) in [5.41, 5.74) is 21.3. The Morgan fingerprint density at radius 3 is 1.23 bits per heavy atom. The lowest BCUT2D eigenvalue weighted by atomic mass is 9.82. The lowest BCUT2D eigenvalue weighted by Gasteiger charge is -2.20. The number of nitrogens with zero attached hydrogens (tertiary/aromatic N) is 2. The highest BCUT2D eigenvalue weighted by Crippen LogP contribution is 2.58. The Labute approximate surface area is 361 Å². The first-order valence-corrected chi connectivity index (χ1v) is 21.2. The van der Waals surface area contributed by atoms with Crippen molar-refractivity contribution in [2.24, 2.45) is 0 Å². The first-order valence-electron chi connectivity index (χ1n) is 21.2. The highest BCUT2D eigenvalue weighted by molar-refractivity contribution is 6.28. The number of rotatable bonds is 7. The van der Waals surface area contributed by atoms with Crippen molar-refractivity contribution in [2.45, 2.75) is 0 Å². The fourth-order valence-corrected chi connectivity index (χ4v) is 9.64. The lowest BCUT2D eigenvalue weighted by Crippen LogP contribution is -1.93. The molecule has 2 heterocycles. The van der Waals surface area contributed by atoms with Gasteiger partial charge < -0.3 is 0 Å². The van der Waals surface area contributed by atoms with Crippen LogP contribution in [0.4, 0.5) is 0 Å². The Morgan fingerprint density at radius 2 is 0.661 bits per heavy atom. The predicted molar refractivity (Wildman–Crippen MR) is 260 cm³/mol. The Hall–Kier alpha value is -8.20. The van der Waals surface area contributed by atoms with E-state index in [9.17, 15) is 0 Å². The summed E-state index contributed by atoms with van der Waals surface area (Å²) in [5.74, 6) is 0. The van der Waals surface area contributed by atoms with E-state index in [1.165, 1.54) is 99.4 Å². The summed E-state index contributed by atoms with van der Waals surface area (Å²) in [6.45, 7) is 0. The Morgan fingerprint density at radius 1 is 0.226 bits per heavy atom. The third-order valence-corrected chi connectivity index (χ3v) is 12.5. The van der Waals surface area contributed by atoms with Crippen molar-refractivity contribution in [3.63, 3.8) is 0 Å². The van der Waals surface area contributed by atoms with Gasteiger partial charge in [-0.05, 0) is 124 Å². The normalized spacial score (nSPS) is 11.5. The molecule has 288 valence electrons. The maximum atomic E-state index is 4.89. The topological polar surface area (TPSA) is 25.8 Å². The minimum absolute atomic E-state index is 0.871. The number of hydrogen-bond donors (Lipinski definition) is 0. The molecule has 2 nitrogen and oxygen atoms in total.